The van der Waals surface area contributed by atoms with Gasteiger partial charge in [0.1, 0.15) is 28.3 Å². The standard InChI is InChI=1S/C44H49N5O9S2/c1-27(57-40(53)42(2,3)4)56-39(52)35-28(24-54-7)25-59-38-34(37(51)49(35)38)46-36(50)33(48-58-43(5,6)55-8)32-26-60-41(45-32)47-44(29-18-12-9-13-19-29,30-20-14-10-15-21-30)31-22-16-11-17-23-31/h9-23,26-27,34,38H,24-25H2,1-8H3,(H,45,47)(H,46,50)/b48-33-/t27?,34-,38-/m1/s1. The molecule has 2 amide bonds. The Morgan fingerprint density at radius 1 is 0.883 bits per heavy atom. The number of thioether (sulfide) groups is 1. The number of nitrogens with zero attached hydrogens (tertiary/aromatic N) is 3. The van der Waals surface area contributed by atoms with E-state index in [0.29, 0.717) is 16.5 Å². The highest BCUT2D eigenvalue weighted by molar-refractivity contribution is 8.00. The highest BCUT2D eigenvalue weighted by atomic mass is 32.2. The lowest BCUT2D eigenvalue weighted by Crippen LogP contribution is -2.71. The van der Waals surface area contributed by atoms with Gasteiger partial charge >= 0.3 is 11.9 Å². The van der Waals surface area contributed by atoms with Crippen LogP contribution in [0.25, 0.3) is 0 Å². The topological polar surface area (TPSA) is 167 Å². The van der Waals surface area contributed by atoms with Crippen LogP contribution < -0.4 is 10.6 Å². The second kappa shape index (κ2) is 18.4. The number of hydrogen-bond acceptors (Lipinski definition) is 14. The maximum Gasteiger partial charge on any atom is 0.358 e. The molecule has 0 aliphatic carbocycles. The summed E-state index contributed by atoms with van der Waals surface area (Å²) in [5.41, 5.74) is 1.61. The maximum absolute atomic E-state index is 14.3. The van der Waals surface area contributed by atoms with Gasteiger partial charge in [-0.2, -0.15) is 0 Å². The molecule has 1 fully saturated rings. The molecule has 1 saturated heterocycles. The normalized spacial score (nSPS) is 17.6. The van der Waals surface area contributed by atoms with Gasteiger partial charge in [0.2, 0.25) is 12.1 Å². The number of oxime groups is 1. The number of benzene rings is 3. The van der Waals surface area contributed by atoms with E-state index in [9.17, 15) is 19.2 Å². The zero-order valence-electron chi connectivity index (χ0n) is 34.7. The molecule has 316 valence electrons. The first-order chi connectivity index (χ1) is 28.6. The summed E-state index contributed by atoms with van der Waals surface area (Å²) in [5, 5.41) is 12.2. The minimum absolute atomic E-state index is 0.0252. The van der Waals surface area contributed by atoms with Crippen molar-refractivity contribution in [3.05, 3.63) is 130 Å². The van der Waals surface area contributed by atoms with E-state index >= 15 is 0 Å². The largest absolute Gasteiger partial charge is 0.425 e. The number of β-lactam (4-membered cyclic amide) rings is 1. The Morgan fingerprint density at radius 3 is 1.97 bits per heavy atom. The third kappa shape index (κ3) is 9.41. The van der Waals surface area contributed by atoms with Crippen molar-refractivity contribution >= 4 is 57.7 Å². The van der Waals surface area contributed by atoms with Crippen LogP contribution in [-0.4, -0.2) is 89.4 Å². The van der Waals surface area contributed by atoms with E-state index in [1.165, 1.54) is 49.1 Å². The molecule has 2 aliphatic rings. The van der Waals surface area contributed by atoms with Crippen LogP contribution in [0.3, 0.4) is 0 Å². The molecule has 0 radical (unpaired) electrons. The first-order valence-corrected chi connectivity index (χ1v) is 21.1. The number of carbonyl (C=O) groups excluding carboxylic acids is 4. The van der Waals surface area contributed by atoms with Gasteiger partial charge in [-0.3, -0.25) is 19.3 Å². The van der Waals surface area contributed by atoms with Crippen molar-refractivity contribution in [2.24, 2.45) is 10.6 Å². The summed E-state index contributed by atoms with van der Waals surface area (Å²) in [6, 6.07) is 29.0. The van der Waals surface area contributed by atoms with Crippen LogP contribution in [0.5, 0.6) is 0 Å². The molecule has 3 aromatic carbocycles. The SMILES string of the molecule is COCC1=C(C(=O)OC(C)OC(=O)C(C)(C)C)N2C(=O)[C@@H](NC(=O)/C(=N\OC(C)(C)OC)c3csc(NC(c4ccccc4)(c4ccccc4)c4ccccc4)n3)[C@H]2SC1. The molecule has 3 atom stereocenters. The van der Waals surface area contributed by atoms with Crippen molar-refractivity contribution in [2.75, 3.05) is 31.9 Å². The lowest BCUT2D eigenvalue weighted by molar-refractivity contribution is -0.197. The van der Waals surface area contributed by atoms with Gasteiger partial charge in [-0.05, 0) is 43.0 Å². The van der Waals surface area contributed by atoms with Crippen molar-refractivity contribution in [1.82, 2.24) is 15.2 Å². The van der Waals surface area contributed by atoms with E-state index in [4.69, 9.17) is 28.8 Å². The Kier molecular flexibility index (Phi) is 13.5. The first-order valence-electron chi connectivity index (χ1n) is 19.2. The van der Waals surface area contributed by atoms with E-state index < -0.39 is 58.2 Å². The van der Waals surface area contributed by atoms with Gasteiger partial charge in [0, 0.05) is 46.1 Å². The fourth-order valence-corrected chi connectivity index (χ4v) is 8.58. The predicted octanol–water partition coefficient (Wildman–Crippen LogP) is 6.43. The first kappa shape index (κ1) is 44.0. The molecule has 6 rings (SSSR count). The van der Waals surface area contributed by atoms with Crippen LogP contribution in [0, 0.1) is 5.41 Å². The Balaban J connectivity index is 1.29. The Hall–Kier alpha value is -5.55. The number of thiazole rings is 1. The highest BCUT2D eigenvalue weighted by Gasteiger charge is 2.55. The van der Waals surface area contributed by atoms with Crippen molar-refractivity contribution < 1.29 is 43.0 Å². The zero-order valence-corrected chi connectivity index (χ0v) is 36.3. The minimum Gasteiger partial charge on any atom is -0.425 e. The van der Waals surface area contributed by atoms with Gasteiger partial charge in [0.25, 0.3) is 11.8 Å². The second-order valence-corrected chi connectivity index (χ2v) is 17.5. The van der Waals surface area contributed by atoms with Crippen molar-refractivity contribution in [3.63, 3.8) is 0 Å². The number of anilines is 1. The monoisotopic (exact) mass is 855 g/mol. The summed E-state index contributed by atoms with van der Waals surface area (Å²) in [4.78, 5) is 66.1. The summed E-state index contributed by atoms with van der Waals surface area (Å²) in [5.74, 6) is -3.64. The Morgan fingerprint density at radius 2 is 1.45 bits per heavy atom. The highest BCUT2D eigenvalue weighted by Crippen LogP contribution is 2.42. The van der Waals surface area contributed by atoms with E-state index in [-0.39, 0.29) is 23.7 Å². The third-order valence-corrected chi connectivity index (χ3v) is 11.8. The Bertz CT molecular complexity index is 2140. The number of aromatic nitrogens is 1. The molecule has 0 spiro atoms. The number of rotatable bonds is 16. The van der Waals surface area contributed by atoms with Crippen LogP contribution in [0.4, 0.5) is 5.13 Å². The number of esters is 2. The summed E-state index contributed by atoms with van der Waals surface area (Å²) in [6.07, 6.45) is -1.23. The third-order valence-electron chi connectivity index (χ3n) is 9.73. The van der Waals surface area contributed by atoms with Gasteiger partial charge in [0.05, 0.1) is 12.0 Å². The molecule has 0 bridgehead atoms. The molecule has 2 N–H and O–H groups in total. The molecule has 60 heavy (non-hydrogen) atoms. The molecule has 1 unspecified atom stereocenters. The number of hydrogen-bond donors (Lipinski definition) is 2. The summed E-state index contributed by atoms with van der Waals surface area (Å²) < 4.78 is 21.6. The number of fused-ring (bicyclic) bond motifs is 1. The average molecular weight is 856 g/mol. The van der Waals surface area contributed by atoms with Crippen molar-refractivity contribution in [1.29, 1.82) is 0 Å². The maximum atomic E-state index is 14.3. The number of nitrogens with one attached hydrogen (secondary N) is 2. The van der Waals surface area contributed by atoms with E-state index in [1.807, 2.05) is 91.0 Å². The fraction of sp³-hybridized carbons (Fsp3) is 0.364. The van der Waals surface area contributed by atoms with Crippen LogP contribution in [-0.2, 0) is 48.5 Å². The fourth-order valence-electron chi connectivity index (χ4n) is 6.50. The van der Waals surface area contributed by atoms with Crippen LogP contribution in [0.1, 0.15) is 63.9 Å². The van der Waals surface area contributed by atoms with Crippen LogP contribution >= 0.6 is 23.1 Å². The van der Waals surface area contributed by atoms with E-state index in [1.54, 1.807) is 40.0 Å². The molecule has 2 aliphatic heterocycles. The van der Waals surface area contributed by atoms with Gasteiger partial charge in [0.15, 0.2) is 10.8 Å². The quantitative estimate of drug-likeness (QED) is 0.0317. The summed E-state index contributed by atoms with van der Waals surface area (Å²) in [7, 11) is 2.92. The molecule has 1 aromatic heterocycles. The molecule has 16 heteroatoms. The molecular formula is C44H49N5O9S2. The molecular weight excluding hydrogens is 807 g/mol. The lowest BCUT2D eigenvalue weighted by atomic mass is 9.77. The van der Waals surface area contributed by atoms with Gasteiger partial charge < -0.3 is 34.4 Å². The zero-order chi connectivity index (χ0) is 43.2. The molecule has 0 saturated carbocycles. The minimum atomic E-state index is -1.23. The number of methoxy groups -OCH3 is 2. The smallest absolute Gasteiger partial charge is 0.358 e. The molecule has 3 heterocycles. The van der Waals surface area contributed by atoms with Crippen molar-refractivity contribution in [3.8, 4) is 0 Å². The average Bonchev–Trinajstić information content (AvgIpc) is 3.70. The molecule has 14 nitrogen and oxygen atoms in total. The lowest BCUT2D eigenvalue weighted by Gasteiger charge is -2.49. The number of carbonyl (C=O) groups is 4. The summed E-state index contributed by atoms with van der Waals surface area (Å²) >= 11 is 2.62. The van der Waals surface area contributed by atoms with Gasteiger partial charge in [-0.25, -0.2) is 9.78 Å². The molecule has 4 aromatic rings. The Labute approximate surface area is 357 Å². The summed E-state index contributed by atoms with van der Waals surface area (Å²) in [6.45, 7) is 9.78. The van der Waals surface area contributed by atoms with Crippen LogP contribution in [0.2, 0.25) is 0 Å². The second-order valence-electron chi connectivity index (χ2n) is 15.5. The van der Waals surface area contributed by atoms with Gasteiger partial charge in [-0.1, -0.05) is 96.2 Å². The van der Waals surface area contributed by atoms with Crippen molar-refractivity contribution in [2.45, 2.75) is 70.6 Å². The van der Waals surface area contributed by atoms with Gasteiger partial charge in [-0.15, -0.1) is 23.1 Å². The number of ether oxygens (including phenoxy) is 4. The van der Waals surface area contributed by atoms with E-state index in [0.717, 1.165) is 16.7 Å². The van der Waals surface area contributed by atoms with E-state index in [2.05, 4.69) is 15.8 Å². The van der Waals surface area contributed by atoms with Crippen LogP contribution in [0.15, 0.2) is 113 Å². The number of amides is 2. The predicted molar refractivity (Wildman–Crippen MR) is 229 cm³/mol.